The van der Waals surface area contributed by atoms with E-state index in [-0.39, 0.29) is 42.2 Å². The van der Waals surface area contributed by atoms with E-state index >= 15 is 0 Å². The van der Waals surface area contributed by atoms with E-state index in [1.54, 1.807) is 72.8 Å². The van der Waals surface area contributed by atoms with Gasteiger partial charge in [-0.1, -0.05) is 96.8 Å². The van der Waals surface area contributed by atoms with Crippen molar-refractivity contribution in [3.8, 4) is 35.3 Å². The van der Waals surface area contributed by atoms with Crippen molar-refractivity contribution in [1.82, 2.24) is 15.0 Å². The first-order valence-electron chi connectivity index (χ1n) is 18.9. The summed E-state index contributed by atoms with van der Waals surface area (Å²) in [6.07, 6.45) is 19.0. The van der Waals surface area contributed by atoms with Crippen molar-refractivity contribution in [2.45, 2.75) is 110 Å². The summed E-state index contributed by atoms with van der Waals surface area (Å²) < 4.78 is 17.6. The molecule has 0 radical (unpaired) electrons. The molecule has 1 aliphatic rings. The number of nitrogen functional groups attached to an aromatic ring is 2. The lowest BCUT2D eigenvalue weighted by atomic mass is 9.98. The zero-order valence-corrected chi connectivity index (χ0v) is 30.3. The number of hydrogen-bond donors (Lipinski definition) is 2. The van der Waals surface area contributed by atoms with Crippen LogP contribution in [0.1, 0.15) is 110 Å². The van der Waals surface area contributed by atoms with Crippen LogP contribution >= 0.6 is 0 Å². The van der Waals surface area contributed by atoms with Crippen LogP contribution in [0.3, 0.4) is 0 Å². The Kier molecular flexibility index (Phi) is 14.6. The molecule has 1 saturated heterocycles. The van der Waals surface area contributed by atoms with Crippen LogP contribution in [-0.4, -0.2) is 26.8 Å². The first kappa shape index (κ1) is 38.1. The smallest absolute Gasteiger partial charge is 0.331 e. The standard InChI is InChI=1S/C41H52N6O5/c1-2-3-4-5-6-7-8-9-10-11-12-13-14-15-16-30-29-37(48)47(38(30)49)33-21-27-36(28-22-33)52-41-45-39(50-34-23-17-31(42)18-24-34)44-40(46-41)51-35-25-19-32(43)20-26-35/h17-28,30H,2-16,29,42-43H2,1H3. The van der Waals surface area contributed by atoms with Crippen molar-refractivity contribution < 1.29 is 23.8 Å². The van der Waals surface area contributed by atoms with Crippen LogP contribution in [0.15, 0.2) is 72.8 Å². The van der Waals surface area contributed by atoms with Gasteiger partial charge in [0.05, 0.1) is 5.69 Å². The van der Waals surface area contributed by atoms with Gasteiger partial charge in [-0.3, -0.25) is 14.5 Å². The van der Waals surface area contributed by atoms with Crippen molar-refractivity contribution in [1.29, 1.82) is 0 Å². The molecular weight excluding hydrogens is 656 g/mol. The van der Waals surface area contributed by atoms with Crippen LogP contribution in [0.5, 0.6) is 35.3 Å². The SMILES string of the molecule is CCCCCCCCCCCCCCCCC1CC(=O)N(c2ccc(Oc3nc(Oc4ccc(N)cc4)nc(Oc4ccc(N)cc4)n3)cc2)C1=O. The number of nitrogens with two attached hydrogens (primary N) is 2. The number of carbonyl (C=O) groups is 2. The average molecular weight is 709 g/mol. The van der Waals surface area contributed by atoms with Crippen molar-refractivity contribution in [2.75, 3.05) is 16.4 Å². The summed E-state index contributed by atoms with van der Waals surface area (Å²) >= 11 is 0. The van der Waals surface area contributed by atoms with Gasteiger partial charge in [-0.05, 0) is 79.2 Å². The Morgan fingerprint density at radius 2 is 0.923 bits per heavy atom. The zero-order chi connectivity index (χ0) is 36.5. The summed E-state index contributed by atoms with van der Waals surface area (Å²) in [5.74, 6) is 0.698. The predicted octanol–water partition coefficient (Wildman–Crippen LogP) is 10.2. The highest BCUT2D eigenvalue weighted by molar-refractivity contribution is 6.20. The molecule has 11 heteroatoms. The summed E-state index contributed by atoms with van der Waals surface area (Å²) in [6.45, 7) is 2.26. The maximum atomic E-state index is 13.3. The molecule has 1 unspecified atom stereocenters. The number of imide groups is 1. The predicted molar refractivity (Wildman–Crippen MR) is 204 cm³/mol. The average Bonchev–Trinajstić information content (AvgIpc) is 3.42. The van der Waals surface area contributed by atoms with Gasteiger partial charge in [0, 0.05) is 23.7 Å². The Balaban J connectivity index is 1.09. The van der Waals surface area contributed by atoms with Gasteiger partial charge in [-0.25, -0.2) is 0 Å². The molecule has 2 heterocycles. The van der Waals surface area contributed by atoms with Crippen LogP contribution < -0.4 is 30.6 Å². The van der Waals surface area contributed by atoms with Gasteiger partial charge in [0.2, 0.25) is 11.8 Å². The lowest BCUT2D eigenvalue weighted by Crippen LogP contribution is -2.30. The lowest BCUT2D eigenvalue weighted by molar-refractivity contribution is -0.122. The number of aromatic nitrogens is 3. The summed E-state index contributed by atoms with van der Waals surface area (Å²) in [5, 5.41) is 0. The third kappa shape index (κ3) is 12.0. The second-order valence-electron chi connectivity index (χ2n) is 13.5. The van der Waals surface area contributed by atoms with Crippen LogP contribution in [0.2, 0.25) is 0 Å². The minimum absolute atomic E-state index is 0.0602. The fraction of sp³-hybridized carbons (Fsp3) is 0.439. The Morgan fingerprint density at radius 3 is 1.33 bits per heavy atom. The Labute approximate surface area is 307 Å². The van der Waals surface area contributed by atoms with E-state index in [1.807, 2.05) is 0 Å². The van der Waals surface area contributed by atoms with Gasteiger partial charge >= 0.3 is 18.0 Å². The van der Waals surface area contributed by atoms with Crippen molar-refractivity contribution in [2.24, 2.45) is 5.92 Å². The molecule has 1 atom stereocenters. The molecule has 4 aromatic rings. The number of amides is 2. The van der Waals surface area contributed by atoms with Crippen molar-refractivity contribution in [3.05, 3.63) is 72.8 Å². The van der Waals surface area contributed by atoms with Gasteiger partial charge < -0.3 is 25.7 Å². The summed E-state index contributed by atoms with van der Waals surface area (Å²) in [5.41, 5.74) is 13.3. The first-order chi connectivity index (χ1) is 25.4. The third-order valence-electron chi connectivity index (χ3n) is 9.20. The number of nitrogens with zero attached hydrogens (tertiary/aromatic N) is 4. The maximum Gasteiger partial charge on any atom is 0.331 e. The topological polar surface area (TPSA) is 156 Å². The molecule has 1 aliphatic heterocycles. The molecule has 0 spiro atoms. The molecule has 276 valence electrons. The van der Waals surface area contributed by atoms with Crippen LogP contribution in [0.25, 0.3) is 0 Å². The molecule has 0 aliphatic carbocycles. The van der Waals surface area contributed by atoms with Gasteiger partial charge in [0.1, 0.15) is 17.2 Å². The number of anilines is 3. The molecular formula is C41H52N6O5. The molecule has 0 saturated carbocycles. The van der Waals surface area contributed by atoms with Gasteiger partial charge in [-0.15, -0.1) is 15.0 Å². The normalized spacial score (nSPS) is 14.2. The second kappa shape index (κ2) is 20.0. The van der Waals surface area contributed by atoms with Crippen LogP contribution in [0.4, 0.5) is 17.1 Å². The number of benzene rings is 3. The van der Waals surface area contributed by atoms with Crippen molar-refractivity contribution in [3.63, 3.8) is 0 Å². The largest absolute Gasteiger partial charge is 0.424 e. The molecule has 1 aromatic heterocycles. The van der Waals surface area contributed by atoms with E-state index in [9.17, 15) is 9.59 Å². The number of rotatable bonds is 22. The molecule has 3 aromatic carbocycles. The van der Waals surface area contributed by atoms with E-state index in [2.05, 4.69) is 21.9 Å². The highest BCUT2D eigenvalue weighted by Crippen LogP contribution is 2.32. The monoisotopic (exact) mass is 708 g/mol. The van der Waals surface area contributed by atoms with Gasteiger partial charge in [-0.2, -0.15) is 0 Å². The molecule has 4 N–H and O–H groups in total. The maximum absolute atomic E-state index is 13.3. The number of unbranched alkanes of at least 4 members (excludes halogenated alkanes) is 13. The van der Waals surface area contributed by atoms with Crippen LogP contribution in [0, 0.1) is 5.92 Å². The molecule has 52 heavy (non-hydrogen) atoms. The second-order valence-corrected chi connectivity index (χ2v) is 13.5. The number of ether oxygens (including phenoxy) is 3. The highest BCUT2D eigenvalue weighted by atomic mass is 16.5. The van der Waals surface area contributed by atoms with E-state index < -0.39 is 0 Å². The summed E-state index contributed by atoms with van der Waals surface area (Å²) in [4.78, 5) is 40.4. The number of carbonyl (C=O) groups excluding carboxylic acids is 2. The minimum Gasteiger partial charge on any atom is -0.424 e. The van der Waals surface area contributed by atoms with Gasteiger partial charge in [0.25, 0.3) is 0 Å². The molecule has 5 rings (SSSR count). The van der Waals surface area contributed by atoms with E-state index in [0.717, 1.165) is 19.3 Å². The quantitative estimate of drug-likeness (QED) is 0.0457. The number of hydrogen-bond acceptors (Lipinski definition) is 10. The molecule has 1 fully saturated rings. The van der Waals surface area contributed by atoms with Crippen LogP contribution in [-0.2, 0) is 9.59 Å². The fourth-order valence-electron chi connectivity index (χ4n) is 6.29. The minimum atomic E-state index is -0.273. The highest BCUT2D eigenvalue weighted by Gasteiger charge is 2.38. The fourth-order valence-corrected chi connectivity index (χ4v) is 6.29. The van der Waals surface area contributed by atoms with E-state index in [0.29, 0.717) is 34.3 Å². The van der Waals surface area contributed by atoms with E-state index in [1.165, 1.54) is 81.9 Å². The Hall–Kier alpha value is -5.19. The molecule has 2 amide bonds. The van der Waals surface area contributed by atoms with Gasteiger partial charge in [0.15, 0.2) is 0 Å². The molecule has 0 bridgehead atoms. The summed E-state index contributed by atoms with van der Waals surface area (Å²) in [6, 6.07) is 20.0. The van der Waals surface area contributed by atoms with Crippen molar-refractivity contribution >= 4 is 28.9 Å². The first-order valence-corrected chi connectivity index (χ1v) is 18.9. The third-order valence-corrected chi connectivity index (χ3v) is 9.20. The zero-order valence-electron chi connectivity index (χ0n) is 30.3. The summed E-state index contributed by atoms with van der Waals surface area (Å²) in [7, 11) is 0. The molecule has 11 nitrogen and oxygen atoms in total. The lowest BCUT2D eigenvalue weighted by Gasteiger charge is -2.16. The van der Waals surface area contributed by atoms with E-state index in [4.69, 9.17) is 25.7 Å². The Bertz CT molecular complexity index is 1630. The Morgan fingerprint density at radius 1 is 0.558 bits per heavy atom.